The van der Waals surface area contributed by atoms with E-state index in [1.165, 1.54) is 7.11 Å². The first-order valence-electron chi connectivity index (χ1n) is 4.04. The van der Waals surface area contributed by atoms with Gasteiger partial charge >= 0.3 is 5.97 Å². The third-order valence-electron chi connectivity index (χ3n) is 1.44. The van der Waals surface area contributed by atoms with Gasteiger partial charge in [-0.2, -0.15) is 0 Å². The molecule has 1 rings (SSSR count). The highest BCUT2D eigenvalue weighted by molar-refractivity contribution is 5.88. The fraction of sp³-hybridized carbons (Fsp3) is 0.300. The smallest absolute Gasteiger partial charge is 0.384 e. The van der Waals surface area contributed by atoms with E-state index in [1.54, 1.807) is 13.0 Å². The lowest BCUT2D eigenvalue weighted by molar-refractivity contribution is -0.133. The first-order chi connectivity index (χ1) is 6.61. The van der Waals surface area contributed by atoms with Crippen molar-refractivity contribution in [3.05, 3.63) is 23.3 Å². The molecule has 4 nitrogen and oxygen atoms in total. The van der Waals surface area contributed by atoms with Crippen molar-refractivity contribution < 1.29 is 9.53 Å². The first kappa shape index (κ1) is 10.2. The van der Waals surface area contributed by atoms with Crippen LogP contribution in [0.15, 0.2) is 6.07 Å². The van der Waals surface area contributed by atoms with Gasteiger partial charge in [-0.25, -0.2) is 14.8 Å². The Kier molecular flexibility index (Phi) is 3.19. The average Bonchev–Trinajstić information content (AvgIpc) is 2.12. The van der Waals surface area contributed by atoms with E-state index in [1.807, 2.05) is 6.92 Å². The summed E-state index contributed by atoms with van der Waals surface area (Å²) in [5, 5.41) is 0. The quantitative estimate of drug-likeness (QED) is 0.444. The maximum atomic E-state index is 10.7. The number of carbonyl (C=O) groups excluding carboxylic acids is 1. The largest absolute Gasteiger partial charge is 0.459 e. The Morgan fingerprint density at radius 2 is 2.14 bits per heavy atom. The van der Waals surface area contributed by atoms with Crippen LogP contribution in [0, 0.1) is 25.7 Å². The zero-order chi connectivity index (χ0) is 10.6. The van der Waals surface area contributed by atoms with Gasteiger partial charge in [0.15, 0.2) is 0 Å². The van der Waals surface area contributed by atoms with Crippen LogP contribution in [0.25, 0.3) is 0 Å². The fourth-order valence-corrected chi connectivity index (χ4v) is 0.947. The summed E-state index contributed by atoms with van der Waals surface area (Å²) in [4.78, 5) is 18.8. The molecule has 0 saturated heterocycles. The highest BCUT2D eigenvalue weighted by Gasteiger charge is 1.95. The van der Waals surface area contributed by atoms with Crippen molar-refractivity contribution in [3.8, 4) is 11.8 Å². The van der Waals surface area contributed by atoms with Gasteiger partial charge < -0.3 is 4.74 Å². The molecule has 0 aliphatic heterocycles. The van der Waals surface area contributed by atoms with Gasteiger partial charge in [-0.1, -0.05) is 0 Å². The monoisotopic (exact) mass is 190 g/mol. The lowest BCUT2D eigenvalue weighted by atomic mass is 10.3. The highest BCUT2D eigenvalue weighted by Crippen LogP contribution is 1.97. The summed E-state index contributed by atoms with van der Waals surface area (Å²) in [6, 6.07) is 1.71. The van der Waals surface area contributed by atoms with Gasteiger partial charge in [0.1, 0.15) is 11.5 Å². The second kappa shape index (κ2) is 4.38. The molecule has 0 unspecified atom stereocenters. The van der Waals surface area contributed by atoms with Crippen LogP contribution in [0.4, 0.5) is 0 Å². The normalized spacial score (nSPS) is 8.79. The molecule has 0 aliphatic carbocycles. The molecule has 0 radical (unpaired) electrons. The van der Waals surface area contributed by atoms with Crippen LogP contribution in [-0.4, -0.2) is 23.0 Å². The summed E-state index contributed by atoms with van der Waals surface area (Å²) < 4.78 is 4.38. The Bertz CT molecular complexity index is 396. The molecular weight excluding hydrogens is 180 g/mol. The van der Waals surface area contributed by atoms with Crippen molar-refractivity contribution in [1.29, 1.82) is 0 Å². The second-order valence-electron chi connectivity index (χ2n) is 2.68. The van der Waals surface area contributed by atoms with Crippen molar-refractivity contribution >= 4 is 5.97 Å². The van der Waals surface area contributed by atoms with E-state index < -0.39 is 5.97 Å². The molecule has 14 heavy (non-hydrogen) atoms. The molecule has 0 bridgehead atoms. The molecule has 0 spiro atoms. The van der Waals surface area contributed by atoms with E-state index in [-0.39, 0.29) is 0 Å². The van der Waals surface area contributed by atoms with Gasteiger partial charge in [-0.05, 0) is 25.8 Å². The molecule has 1 heterocycles. The molecule has 4 heteroatoms. The summed E-state index contributed by atoms with van der Waals surface area (Å²) in [7, 11) is 1.29. The number of ether oxygens (including phenoxy) is 1. The van der Waals surface area contributed by atoms with Gasteiger partial charge in [0.2, 0.25) is 0 Å². The van der Waals surface area contributed by atoms with Gasteiger partial charge in [-0.15, -0.1) is 0 Å². The van der Waals surface area contributed by atoms with Crippen molar-refractivity contribution in [3.63, 3.8) is 0 Å². The molecule has 0 amide bonds. The molecule has 0 atom stereocenters. The molecule has 0 aromatic carbocycles. The molecule has 0 N–H and O–H groups in total. The molecule has 0 aliphatic rings. The van der Waals surface area contributed by atoms with E-state index in [0.29, 0.717) is 11.5 Å². The number of nitrogens with zero attached hydrogens (tertiary/aromatic N) is 2. The summed E-state index contributed by atoms with van der Waals surface area (Å²) in [5.74, 6) is 4.97. The zero-order valence-electron chi connectivity index (χ0n) is 8.29. The predicted octanol–water partition coefficient (Wildman–Crippen LogP) is 0.618. The minimum Gasteiger partial charge on any atom is -0.459 e. The van der Waals surface area contributed by atoms with Crippen LogP contribution < -0.4 is 0 Å². The molecule has 0 fully saturated rings. The van der Waals surface area contributed by atoms with Crippen molar-refractivity contribution in [2.75, 3.05) is 7.11 Å². The maximum Gasteiger partial charge on any atom is 0.384 e. The number of rotatable bonds is 0. The number of methoxy groups -OCH3 is 1. The topological polar surface area (TPSA) is 52.1 Å². The van der Waals surface area contributed by atoms with Crippen LogP contribution in [0.5, 0.6) is 0 Å². The van der Waals surface area contributed by atoms with Gasteiger partial charge in [0.05, 0.1) is 7.11 Å². The summed E-state index contributed by atoms with van der Waals surface area (Å²) >= 11 is 0. The lowest BCUT2D eigenvalue weighted by Gasteiger charge is -1.95. The van der Waals surface area contributed by atoms with Gasteiger partial charge in [0, 0.05) is 11.6 Å². The van der Waals surface area contributed by atoms with E-state index in [9.17, 15) is 4.79 Å². The minimum absolute atomic E-state index is 0.528. The SMILES string of the molecule is COC(=O)C#Cc1cc(C)nc(C)n1. The number of aryl methyl sites for hydroxylation is 2. The van der Waals surface area contributed by atoms with Crippen LogP contribution in [-0.2, 0) is 9.53 Å². The Labute approximate surface area is 82.3 Å². The van der Waals surface area contributed by atoms with Crippen LogP contribution in [0.3, 0.4) is 0 Å². The Morgan fingerprint density at radius 3 is 2.71 bits per heavy atom. The zero-order valence-corrected chi connectivity index (χ0v) is 8.29. The van der Waals surface area contributed by atoms with Gasteiger partial charge in [-0.3, -0.25) is 0 Å². The van der Waals surface area contributed by atoms with E-state index in [0.717, 1.165) is 5.69 Å². The molecule has 1 aromatic heterocycles. The number of carbonyl (C=O) groups is 1. The summed E-state index contributed by atoms with van der Waals surface area (Å²) in [5.41, 5.74) is 1.35. The maximum absolute atomic E-state index is 10.7. The van der Waals surface area contributed by atoms with Crippen molar-refractivity contribution in [2.45, 2.75) is 13.8 Å². The number of esters is 1. The van der Waals surface area contributed by atoms with Crippen LogP contribution in [0.2, 0.25) is 0 Å². The lowest BCUT2D eigenvalue weighted by Crippen LogP contribution is -1.97. The van der Waals surface area contributed by atoms with E-state index >= 15 is 0 Å². The number of hydrogen-bond donors (Lipinski definition) is 0. The minimum atomic E-state index is -0.570. The molecule has 0 saturated carbocycles. The third-order valence-corrected chi connectivity index (χ3v) is 1.44. The Hall–Kier alpha value is -1.89. The van der Waals surface area contributed by atoms with E-state index in [2.05, 4.69) is 26.5 Å². The molecule has 1 aromatic rings. The third kappa shape index (κ3) is 2.87. The predicted molar refractivity (Wildman–Crippen MR) is 50.4 cm³/mol. The Morgan fingerprint density at radius 1 is 1.43 bits per heavy atom. The van der Waals surface area contributed by atoms with Gasteiger partial charge in [0.25, 0.3) is 0 Å². The average molecular weight is 190 g/mol. The van der Waals surface area contributed by atoms with Crippen LogP contribution in [0.1, 0.15) is 17.2 Å². The molecular formula is C10H10N2O2. The van der Waals surface area contributed by atoms with Crippen molar-refractivity contribution in [1.82, 2.24) is 9.97 Å². The van der Waals surface area contributed by atoms with Crippen molar-refractivity contribution in [2.24, 2.45) is 0 Å². The second-order valence-corrected chi connectivity index (χ2v) is 2.68. The summed E-state index contributed by atoms with van der Waals surface area (Å²) in [6.07, 6.45) is 0. The van der Waals surface area contributed by atoms with Crippen LogP contribution >= 0.6 is 0 Å². The number of aromatic nitrogens is 2. The fourth-order valence-electron chi connectivity index (χ4n) is 0.947. The highest BCUT2D eigenvalue weighted by atomic mass is 16.5. The standard InChI is InChI=1S/C10H10N2O2/c1-7-6-9(12-8(2)11-7)4-5-10(13)14-3/h6H,1-3H3. The first-order valence-corrected chi connectivity index (χ1v) is 4.04. The molecule has 72 valence electrons. The number of hydrogen-bond acceptors (Lipinski definition) is 4. The van der Waals surface area contributed by atoms with E-state index in [4.69, 9.17) is 0 Å². The Balaban J connectivity index is 2.95. The summed E-state index contributed by atoms with van der Waals surface area (Å²) in [6.45, 7) is 3.62.